The van der Waals surface area contributed by atoms with Gasteiger partial charge in [-0.25, -0.2) is 23.6 Å². The predicted octanol–water partition coefficient (Wildman–Crippen LogP) is 6.20. The van der Waals surface area contributed by atoms with Gasteiger partial charge in [-0.05, 0) is 55.5 Å². The molecule has 3 aromatic rings. The highest BCUT2D eigenvalue weighted by Gasteiger charge is 2.37. The molecule has 39 heavy (non-hydrogen) atoms. The van der Waals surface area contributed by atoms with Crippen LogP contribution < -0.4 is 5.32 Å². The van der Waals surface area contributed by atoms with E-state index < -0.39 is 23.9 Å². The summed E-state index contributed by atoms with van der Waals surface area (Å²) in [6.07, 6.45) is 9.36. The van der Waals surface area contributed by atoms with Gasteiger partial charge in [-0.3, -0.25) is 9.78 Å². The smallest absolute Gasteiger partial charge is 0.351 e. The summed E-state index contributed by atoms with van der Waals surface area (Å²) in [5, 5.41) is 3.75. The normalized spacial score (nSPS) is 16.9. The summed E-state index contributed by atoms with van der Waals surface area (Å²) in [5.74, 6) is -1.89. The van der Waals surface area contributed by atoms with Crippen molar-refractivity contribution in [2.45, 2.75) is 63.4 Å². The maximum absolute atomic E-state index is 13.2. The van der Waals surface area contributed by atoms with Crippen LogP contribution in [0.5, 0.6) is 0 Å². The maximum Gasteiger partial charge on any atom is 0.451 e. The number of rotatable bonds is 6. The van der Waals surface area contributed by atoms with Gasteiger partial charge in [-0.2, -0.15) is 13.2 Å². The first-order valence-corrected chi connectivity index (χ1v) is 13.0. The number of nitrogens with zero attached hydrogens (tertiary/aromatic N) is 5. The molecule has 1 amide bonds. The zero-order valence-electron chi connectivity index (χ0n) is 21.4. The Morgan fingerprint density at radius 3 is 2.36 bits per heavy atom. The molecular weight excluding hydrogens is 556 g/mol. The molecule has 0 spiro atoms. The third-order valence-corrected chi connectivity index (χ3v) is 6.98. The van der Waals surface area contributed by atoms with Crippen molar-refractivity contribution in [1.82, 2.24) is 29.6 Å². The number of hydrogen-bond donors (Lipinski definition) is 1. The van der Waals surface area contributed by atoms with Crippen molar-refractivity contribution in [3.05, 3.63) is 65.2 Å². The predicted molar refractivity (Wildman–Crippen MR) is 143 cm³/mol. The molecule has 208 valence electrons. The fraction of sp³-hybridized carbons (Fsp3) is 0.346. The third kappa shape index (κ3) is 8.61. The minimum atomic E-state index is -4.64. The molecule has 1 aliphatic heterocycles. The topological polar surface area (TPSA) is 83.9 Å². The van der Waals surface area contributed by atoms with E-state index in [9.17, 15) is 22.4 Å². The molecule has 13 heteroatoms. The summed E-state index contributed by atoms with van der Waals surface area (Å²) in [6.45, 7) is 6.09. The van der Waals surface area contributed by atoms with E-state index in [4.69, 9.17) is 11.6 Å². The number of carbonyl (C=O) groups excluding carboxylic acids is 1. The second-order valence-electron chi connectivity index (χ2n) is 7.88. The van der Waals surface area contributed by atoms with Crippen LogP contribution in [0.4, 0.5) is 17.6 Å². The Hall–Kier alpha value is -3.27. The largest absolute Gasteiger partial charge is 0.451 e. The Kier molecular flexibility index (Phi) is 12.1. The van der Waals surface area contributed by atoms with E-state index in [0.29, 0.717) is 27.7 Å². The lowest BCUT2D eigenvalue weighted by atomic mass is 10.1. The van der Waals surface area contributed by atoms with Gasteiger partial charge in [0.05, 0.1) is 23.0 Å². The van der Waals surface area contributed by atoms with Crippen LogP contribution in [0.15, 0.2) is 48.0 Å². The second-order valence-corrected chi connectivity index (χ2v) is 9.31. The SMILES string of the molecule is C#C.CC.C[C@H]1CC[C@@H](C(=O)NCc2cc(-c3cnc(C(F)(F)F)nc3)ncc2Cl)N1Sc1ccc(F)cn1. The van der Waals surface area contributed by atoms with Crippen molar-refractivity contribution >= 4 is 29.5 Å². The first-order chi connectivity index (χ1) is 18.6. The number of terminal acetylenes is 1. The molecule has 0 aromatic carbocycles. The molecular formula is C26H27ClF4N6OS. The van der Waals surface area contributed by atoms with Crippen molar-refractivity contribution in [2.24, 2.45) is 0 Å². The molecule has 4 heterocycles. The van der Waals surface area contributed by atoms with Gasteiger partial charge in [0.2, 0.25) is 11.7 Å². The highest BCUT2D eigenvalue weighted by molar-refractivity contribution is 7.97. The maximum atomic E-state index is 13.2. The molecule has 0 aliphatic carbocycles. The van der Waals surface area contributed by atoms with E-state index in [-0.39, 0.29) is 24.1 Å². The first-order valence-electron chi connectivity index (χ1n) is 11.8. The number of amides is 1. The molecule has 0 saturated carbocycles. The first kappa shape index (κ1) is 31.9. The summed E-state index contributed by atoms with van der Waals surface area (Å²) in [6, 6.07) is 4.13. The van der Waals surface area contributed by atoms with Gasteiger partial charge in [-0.1, -0.05) is 25.4 Å². The average Bonchev–Trinajstić information content (AvgIpc) is 3.31. The number of carbonyl (C=O) groups is 1. The van der Waals surface area contributed by atoms with Crippen LogP contribution in [0.2, 0.25) is 5.02 Å². The fourth-order valence-electron chi connectivity index (χ4n) is 3.57. The Morgan fingerprint density at radius 1 is 1.10 bits per heavy atom. The second kappa shape index (κ2) is 14.8. The van der Waals surface area contributed by atoms with Gasteiger partial charge < -0.3 is 5.32 Å². The lowest BCUT2D eigenvalue weighted by Gasteiger charge is -2.25. The minimum Gasteiger partial charge on any atom is -0.351 e. The van der Waals surface area contributed by atoms with Crippen molar-refractivity contribution in [3.63, 3.8) is 0 Å². The molecule has 4 rings (SSSR count). The summed E-state index contributed by atoms with van der Waals surface area (Å²) in [5.41, 5.74) is 1.14. The van der Waals surface area contributed by atoms with E-state index in [0.717, 1.165) is 25.0 Å². The number of halogens is 5. The third-order valence-electron chi connectivity index (χ3n) is 5.39. The number of alkyl halides is 3. The van der Waals surface area contributed by atoms with E-state index in [1.165, 1.54) is 24.2 Å². The van der Waals surface area contributed by atoms with Crippen LogP contribution >= 0.6 is 23.5 Å². The van der Waals surface area contributed by atoms with Crippen molar-refractivity contribution < 1.29 is 22.4 Å². The molecule has 1 saturated heterocycles. The Balaban J connectivity index is 0.00000127. The fourth-order valence-corrected chi connectivity index (χ4v) is 4.79. The van der Waals surface area contributed by atoms with Crippen LogP contribution in [0, 0.1) is 18.7 Å². The van der Waals surface area contributed by atoms with E-state index in [2.05, 4.69) is 38.1 Å². The Morgan fingerprint density at radius 2 is 1.77 bits per heavy atom. The van der Waals surface area contributed by atoms with Crippen molar-refractivity contribution in [3.8, 4) is 24.1 Å². The number of hydrogen-bond acceptors (Lipinski definition) is 7. The molecule has 1 fully saturated rings. The molecule has 0 bridgehead atoms. The Bertz CT molecular complexity index is 1240. The zero-order valence-corrected chi connectivity index (χ0v) is 23.0. The van der Waals surface area contributed by atoms with Crippen LogP contribution in [0.3, 0.4) is 0 Å². The van der Waals surface area contributed by atoms with E-state index in [1.54, 1.807) is 12.1 Å². The number of pyridine rings is 2. The van der Waals surface area contributed by atoms with Gasteiger partial charge in [0.1, 0.15) is 10.8 Å². The van der Waals surface area contributed by atoms with Gasteiger partial charge in [0, 0.05) is 36.7 Å². The Labute approximate surface area is 234 Å². The van der Waals surface area contributed by atoms with Crippen LogP contribution in [-0.4, -0.2) is 42.2 Å². The molecule has 1 aliphatic rings. The summed E-state index contributed by atoms with van der Waals surface area (Å²) >= 11 is 7.53. The van der Waals surface area contributed by atoms with Crippen molar-refractivity contribution in [2.75, 3.05) is 0 Å². The standard InChI is InChI=1S/C22H19ClF4N6OS.C2H6.C2H2/c1-12-2-4-18(33(12)35-19-5-3-15(24)10-29-19)20(34)30-7-13-6-17(28-11-16(13)23)14-8-31-21(32-9-14)22(25,26)27;2*1-2/h3,5-6,8-12,18H,2,4,7H2,1H3,(H,30,34);1-2H3;1-2H/t12-,18-;;/m0../s1. The van der Waals surface area contributed by atoms with Gasteiger partial charge in [0.15, 0.2) is 0 Å². The molecule has 7 nitrogen and oxygen atoms in total. The van der Waals surface area contributed by atoms with E-state index in [1.807, 2.05) is 25.1 Å². The quantitative estimate of drug-likeness (QED) is 0.210. The van der Waals surface area contributed by atoms with E-state index >= 15 is 0 Å². The molecule has 0 radical (unpaired) electrons. The minimum absolute atomic E-state index is 0.0901. The monoisotopic (exact) mass is 582 g/mol. The molecule has 1 N–H and O–H groups in total. The molecule has 0 unspecified atom stereocenters. The van der Waals surface area contributed by atoms with Gasteiger partial charge in [0.25, 0.3) is 0 Å². The molecule has 3 aromatic heterocycles. The number of nitrogens with one attached hydrogen (secondary N) is 1. The number of aromatic nitrogens is 4. The van der Waals surface area contributed by atoms with Gasteiger partial charge in [-0.15, -0.1) is 12.8 Å². The van der Waals surface area contributed by atoms with Crippen LogP contribution in [0.1, 0.15) is 45.0 Å². The van der Waals surface area contributed by atoms with Crippen LogP contribution in [0.25, 0.3) is 11.3 Å². The summed E-state index contributed by atoms with van der Waals surface area (Å²) < 4.78 is 53.2. The lowest BCUT2D eigenvalue weighted by molar-refractivity contribution is -0.145. The molecule has 2 atom stereocenters. The summed E-state index contributed by atoms with van der Waals surface area (Å²) in [7, 11) is 0. The zero-order chi connectivity index (χ0) is 29.2. The highest BCUT2D eigenvalue weighted by atomic mass is 35.5. The highest BCUT2D eigenvalue weighted by Crippen LogP contribution is 2.35. The average molecular weight is 583 g/mol. The van der Waals surface area contributed by atoms with Gasteiger partial charge >= 0.3 is 6.18 Å². The van der Waals surface area contributed by atoms with Crippen LogP contribution in [-0.2, 0) is 17.5 Å². The van der Waals surface area contributed by atoms with Crippen molar-refractivity contribution in [1.29, 1.82) is 0 Å². The summed E-state index contributed by atoms with van der Waals surface area (Å²) in [4.78, 5) is 27.9. The lowest BCUT2D eigenvalue weighted by Crippen LogP contribution is -2.41.